The molecule has 130 valence electrons. The molecule has 0 bridgehead atoms. The van der Waals surface area contributed by atoms with Crippen LogP contribution in [0.5, 0.6) is 5.75 Å². The lowest BCUT2D eigenvalue weighted by Gasteiger charge is -1.99. The van der Waals surface area contributed by atoms with Crippen molar-refractivity contribution in [3.05, 3.63) is 46.5 Å². The van der Waals surface area contributed by atoms with Gasteiger partial charge in [-0.15, -0.1) is 10.2 Å². The fourth-order valence-corrected chi connectivity index (χ4v) is 3.01. The van der Waals surface area contributed by atoms with Gasteiger partial charge in [0.25, 0.3) is 5.22 Å². The van der Waals surface area contributed by atoms with Gasteiger partial charge in [0.15, 0.2) is 5.52 Å². The van der Waals surface area contributed by atoms with E-state index in [9.17, 15) is 10.1 Å². The van der Waals surface area contributed by atoms with E-state index < -0.39 is 4.92 Å². The molecule has 0 saturated carbocycles. The second-order valence-electron chi connectivity index (χ2n) is 5.01. The van der Waals surface area contributed by atoms with Crippen LogP contribution in [-0.4, -0.2) is 32.5 Å². The van der Waals surface area contributed by atoms with Gasteiger partial charge in [-0.3, -0.25) is 10.1 Å². The van der Waals surface area contributed by atoms with Crippen LogP contribution in [0.3, 0.4) is 0 Å². The number of nitro groups is 1. The zero-order chi connectivity index (χ0) is 18.1. The predicted molar refractivity (Wildman–Crippen MR) is 88.9 cm³/mol. The second kappa shape index (κ2) is 6.44. The largest absolute Gasteiger partial charge is 0.497 e. The van der Waals surface area contributed by atoms with Gasteiger partial charge in [0.05, 0.1) is 12.0 Å². The summed E-state index contributed by atoms with van der Waals surface area (Å²) in [7, 11) is 1.58. The van der Waals surface area contributed by atoms with E-state index in [1.807, 2.05) is 0 Å². The third kappa shape index (κ3) is 2.84. The fraction of sp³-hybridized carbons (Fsp3) is 0.0667. The van der Waals surface area contributed by atoms with Crippen LogP contribution in [0.25, 0.3) is 22.5 Å². The first-order chi connectivity index (χ1) is 12.7. The quantitative estimate of drug-likeness (QED) is 0.380. The summed E-state index contributed by atoms with van der Waals surface area (Å²) in [5, 5.41) is 26.6. The number of nitrogens with zero attached hydrogens (tertiary/aromatic N) is 5. The number of ether oxygens (including phenoxy) is 1. The first kappa shape index (κ1) is 16.0. The van der Waals surface area contributed by atoms with Gasteiger partial charge in [-0.2, -0.15) is 0 Å². The highest BCUT2D eigenvalue weighted by atomic mass is 32.2. The monoisotopic (exact) mass is 371 g/mol. The van der Waals surface area contributed by atoms with E-state index in [2.05, 4.69) is 25.1 Å². The lowest BCUT2D eigenvalue weighted by Crippen LogP contribution is -1.90. The molecule has 4 aromatic rings. The van der Waals surface area contributed by atoms with Crippen molar-refractivity contribution in [1.82, 2.24) is 20.5 Å². The first-order valence-electron chi connectivity index (χ1n) is 7.21. The van der Waals surface area contributed by atoms with Gasteiger partial charge in [0.2, 0.25) is 11.4 Å². The molecule has 2 heterocycles. The molecule has 0 amide bonds. The van der Waals surface area contributed by atoms with Crippen LogP contribution >= 0.6 is 11.8 Å². The smallest absolute Gasteiger partial charge is 0.300 e. The molecule has 0 unspecified atom stereocenters. The molecular weight excluding hydrogens is 362 g/mol. The number of non-ortho nitro benzene ring substituents is 1. The number of benzene rings is 2. The molecule has 0 spiro atoms. The molecule has 2 aromatic heterocycles. The highest BCUT2D eigenvalue weighted by Gasteiger charge is 2.21. The number of aromatic nitrogens is 4. The summed E-state index contributed by atoms with van der Waals surface area (Å²) < 4.78 is 15.4. The van der Waals surface area contributed by atoms with Gasteiger partial charge in [-0.05, 0) is 52.4 Å². The standard InChI is InChI=1S/C15H9N5O5S/c1-23-9-4-2-8(3-5-9)14-16-17-15(24-14)26-11-7-6-10(20(21)22)12-13(11)19-25-18-12/h2-7H,1H3. The van der Waals surface area contributed by atoms with Crippen LogP contribution in [0, 0.1) is 10.1 Å². The zero-order valence-electron chi connectivity index (χ0n) is 13.1. The highest BCUT2D eigenvalue weighted by molar-refractivity contribution is 7.99. The van der Waals surface area contributed by atoms with E-state index in [1.165, 1.54) is 12.1 Å². The fourth-order valence-electron chi connectivity index (χ4n) is 2.26. The molecule has 0 aliphatic heterocycles. The molecule has 0 radical (unpaired) electrons. The van der Waals surface area contributed by atoms with Gasteiger partial charge < -0.3 is 9.15 Å². The van der Waals surface area contributed by atoms with Crippen molar-refractivity contribution in [3.63, 3.8) is 0 Å². The van der Waals surface area contributed by atoms with E-state index in [0.717, 1.165) is 23.1 Å². The SMILES string of the molecule is COc1ccc(-c2nnc(Sc3ccc([N+](=O)[O-])c4nonc34)o2)cc1. The Labute approximate surface area is 149 Å². The maximum atomic E-state index is 11.0. The molecule has 26 heavy (non-hydrogen) atoms. The van der Waals surface area contributed by atoms with E-state index in [1.54, 1.807) is 31.4 Å². The molecule has 0 fully saturated rings. The molecule has 11 heteroatoms. The lowest BCUT2D eigenvalue weighted by atomic mass is 10.2. The molecule has 0 atom stereocenters. The van der Waals surface area contributed by atoms with E-state index in [4.69, 9.17) is 9.15 Å². The Kier molecular flexibility index (Phi) is 3.97. The highest BCUT2D eigenvalue weighted by Crippen LogP contribution is 2.36. The molecule has 0 saturated heterocycles. The Balaban J connectivity index is 1.63. The van der Waals surface area contributed by atoms with Crippen LogP contribution in [0.4, 0.5) is 5.69 Å². The third-order valence-corrected chi connectivity index (χ3v) is 4.38. The van der Waals surface area contributed by atoms with Crippen molar-refractivity contribution < 1.29 is 18.7 Å². The molecule has 10 nitrogen and oxygen atoms in total. The number of nitro benzene ring substituents is 1. The normalized spacial score (nSPS) is 11.0. The van der Waals surface area contributed by atoms with E-state index in [0.29, 0.717) is 10.8 Å². The van der Waals surface area contributed by atoms with Gasteiger partial charge in [-0.25, -0.2) is 4.63 Å². The Morgan fingerprint density at radius 1 is 1.08 bits per heavy atom. The van der Waals surface area contributed by atoms with Crippen LogP contribution in [-0.2, 0) is 0 Å². The zero-order valence-corrected chi connectivity index (χ0v) is 14.0. The maximum Gasteiger partial charge on any atom is 0.300 e. The minimum atomic E-state index is -0.546. The van der Waals surface area contributed by atoms with Crippen molar-refractivity contribution >= 4 is 28.5 Å². The van der Waals surface area contributed by atoms with Crippen LogP contribution < -0.4 is 4.74 Å². The predicted octanol–water partition coefficient (Wildman–Crippen LogP) is 3.34. The van der Waals surface area contributed by atoms with E-state index >= 15 is 0 Å². The number of methoxy groups -OCH3 is 1. The minimum absolute atomic E-state index is 0.0647. The summed E-state index contributed by atoms with van der Waals surface area (Å²) in [6, 6.07) is 10.0. The summed E-state index contributed by atoms with van der Waals surface area (Å²) in [6.45, 7) is 0. The third-order valence-electron chi connectivity index (χ3n) is 3.49. The first-order valence-corrected chi connectivity index (χ1v) is 8.03. The van der Waals surface area contributed by atoms with Crippen LogP contribution in [0.15, 0.2) is 55.6 Å². The topological polar surface area (TPSA) is 130 Å². The molecule has 0 aliphatic rings. The molecule has 2 aromatic carbocycles. The number of fused-ring (bicyclic) bond motifs is 1. The minimum Gasteiger partial charge on any atom is -0.497 e. The molecular formula is C15H9N5O5S. The average molecular weight is 371 g/mol. The number of hydrogen-bond donors (Lipinski definition) is 0. The van der Waals surface area contributed by atoms with E-state index in [-0.39, 0.29) is 21.9 Å². The molecule has 0 aliphatic carbocycles. The summed E-state index contributed by atoms with van der Waals surface area (Å²) in [6.07, 6.45) is 0. The van der Waals surface area contributed by atoms with Crippen molar-refractivity contribution in [1.29, 1.82) is 0 Å². The van der Waals surface area contributed by atoms with Gasteiger partial charge in [-0.1, -0.05) is 0 Å². The Morgan fingerprint density at radius 3 is 2.58 bits per heavy atom. The van der Waals surface area contributed by atoms with Crippen molar-refractivity contribution in [2.75, 3.05) is 7.11 Å². The van der Waals surface area contributed by atoms with Crippen molar-refractivity contribution in [3.8, 4) is 17.2 Å². The Bertz CT molecular complexity index is 1090. The Morgan fingerprint density at radius 2 is 1.85 bits per heavy atom. The maximum absolute atomic E-state index is 11.0. The second-order valence-corrected chi connectivity index (χ2v) is 6.00. The molecule has 4 rings (SSSR count). The summed E-state index contributed by atoms with van der Waals surface area (Å²) >= 11 is 1.12. The van der Waals surface area contributed by atoms with Gasteiger partial charge >= 0.3 is 5.69 Å². The summed E-state index contributed by atoms with van der Waals surface area (Å²) in [5.74, 6) is 1.06. The Hall–Kier alpha value is -3.47. The van der Waals surface area contributed by atoms with Gasteiger partial charge in [0, 0.05) is 16.5 Å². The van der Waals surface area contributed by atoms with Crippen molar-refractivity contribution in [2.24, 2.45) is 0 Å². The lowest BCUT2D eigenvalue weighted by molar-refractivity contribution is -0.383. The van der Waals surface area contributed by atoms with Crippen molar-refractivity contribution in [2.45, 2.75) is 10.1 Å². The number of hydrogen-bond acceptors (Lipinski definition) is 10. The summed E-state index contributed by atoms with van der Waals surface area (Å²) in [4.78, 5) is 11.0. The van der Waals surface area contributed by atoms with Crippen LogP contribution in [0.1, 0.15) is 0 Å². The summed E-state index contributed by atoms with van der Waals surface area (Å²) in [5.41, 5.74) is 0.875. The molecule has 0 N–H and O–H groups in total. The average Bonchev–Trinajstić information content (AvgIpc) is 3.31. The number of rotatable bonds is 5. The van der Waals surface area contributed by atoms with Gasteiger partial charge in [0.1, 0.15) is 5.75 Å². The van der Waals surface area contributed by atoms with Crippen LogP contribution in [0.2, 0.25) is 0 Å².